The molecule has 13 heavy (non-hydrogen) atoms. The highest BCUT2D eigenvalue weighted by atomic mass is 16.1. The SMILES string of the molecule is CC1CN(C(C)C(N)=O)CCN1C. The number of hydrogen-bond acceptors (Lipinski definition) is 3. The highest BCUT2D eigenvalue weighted by Gasteiger charge is 2.26. The van der Waals surface area contributed by atoms with Crippen LogP contribution in [0.2, 0.25) is 0 Å². The summed E-state index contributed by atoms with van der Waals surface area (Å²) in [6.45, 7) is 6.92. The molecule has 1 fully saturated rings. The molecule has 0 aromatic heterocycles. The minimum absolute atomic E-state index is 0.129. The van der Waals surface area contributed by atoms with Crippen LogP contribution in [-0.4, -0.2) is 54.5 Å². The summed E-state index contributed by atoms with van der Waals surface area (Å²) in [5.74, 6) is -0.225. The zero-order chi connectivity index (χ0) is 10.0. The van der Waals surface area contributed by atoms with Gasteiger partial charge in [-0.15, -0.1) is 0 Å². The Hall–Kier alpha value is -0.610. The van der Waals surface area contributed by atoms with Crippen LogP contribution in [0.15, 0.2) is 0 Å². The van der Waals surface area contributed by atoms with Gasteiger partial charge in [-0.3, -0.25) is 9.69 Å². The Labute approximate surface area is 79.7 Å². The van der Waals surface area contributed by atoms with Gasteiger partial charge in [0.05, 0.1) is 6.04 Å². The van der Waals surface area contributed by atoms with Crippen LogP contribution in [0.5, 0.6) is 0 Å². The fourth-order valence-electron chi connectivity index (χ4n) is 1.61. The Morgan fingerprint density at radius 2 is 2.15 bits per heavy atom. The maximum atomic E-state index is 11.0. The standard InChI is InChI=1S/C9H19N3O/c1-7-6-12(5-4-11(7)3)8(2)9(10)13/h7-8H,4-6H2,1-3H3,(H2,10,13). The van der Waals surface area contributed by atoms with Gasteiger partial charge >= 0.3 is 0 Å². The van der Waals surface area contributed by atoms with Crippen molar-refractivity contribution in [2.45, 2.75) is 25.9 Å². The lowest BCUT2D eigenvalue weighted by atomic mass is 10.1. The molecule has 76 valence electrons. The number of nitrogens with zero attached hydrogens (tertiary/aromatic N) is 2. The molecule has 0 saturated carbocycles. The molecule has 4 heteroatoms. The van der Waals surface area contributed by atoms with Crippen molar-refractivity contribution in [2.75, 3.05) is 26.7 Å². The Morgan fingerprint density at radius 1 is 1.54 bits per heavy atom. The third-order valence-corrected chi connectivity index (χ3v) is 2.95. The van der Waals surface area contributed by atoms with E-state index in [1.807, 2.05) is 6.92 Å². The fraction of sp³-hybridized carbons (Fsp3) is 0.889. The summed E-state index contributed by atoms with van der Waals surface area (Å²) >= 11 is 0. The van der Waals surface area contributed by atoms with Crippen molar-refractivity contribution in [1.82, 2.24) is 9.80 Å². The number of carbonyl (C=O) groups is 1. The highest BCUT2D eigenvalue weighted by Crippen LogP contribution is 2.09. The number of likely N-dealkylation sites (N-methyl/N-ethyl adjacent to an activating group) is 1. The third-order valence-electron chi connectivity index (χ3n) is 2.95. The van der Waals surface area contributed by atoms with E-state index in [2.05, 4.69) is 23.8 Å². The number of amides is 1. The van der Waals surface area contributed by atoms with Gasteiger partial charge in [-0.05, 0) is 20.9 Å². The summed E-state index contributed by atoms with van der Waals surface area (Å²) in [4.78, 5) is 15.4. The number of primary amides is 1. The number of rotatable bonds is 2. The topological polar surface area (TPSA) is 49.6 Å². The van der Waals surface area contributed by atoms with Crippen LogP contribution in [0.25, 0.3) is 0 Å². The summed E-state index contributed by atoms with van der Waals surface area (Å²) in [7, 11) is 2.11. The first-order chi connectivity index (χ1) is 6.02. The molecule has 1 rings (SSSR count). The van der Waals surface area contributed by atoms with Crippen LogP contribution in [0.3, 0.4) is 0 Å². The number of hydrogen-bond donors (Lipinski definition) is 1. The van der Waals surface area contributed by atoms with Crippen molar-refractivity contribution in [3.05, 3.63) is 0 Å². The first-order valence-corrected chi connectivity index (χ1v) is 4.76. The Balaban J connectivity index is 2.50. The van der Waals surface area contributed by atoms with Gasteiger partial charge < -0.3 is 10.6 Å². The van der Waals surface area contributed by atoms with E-state index < -0.39 is 0 Å². The molecule has 0 radical (unpaired) electrons. The Kier molecular flexibility index (Phi) is 3.27. The summed E-state index contributed by atoms with van der Waals surface area (Å²) in [6.07, 6.45) is 0. The van der Waals surface area contributed by atoms with Crippen LogP contribution in [0.4, 0.5) is 0 Å². The molecule has 1 aliphatic heterocycles. The van der Waals surface area contributed by atoms with Crippen LogP contribution in [0, 0.1) is 0 Å². The zero-order valence-electron chi connectivity index (χ0n) is 8.66. The van der Waals surface area contributed by atoms with Crippen molar-refractivity contribution in [1.29, 1.82) is 0 Å². The van der Waals surface area contributed by atoms with Crippen molar-refractivity contribution in [3.63, 3.8) is 0 Å². The van der Waals surface area contributed by atoms with E-state index in [-0.39, 0.29) is 11.9 Å². The first kappa shape index (κ1) is 10.5. The lowest BCUT2D eigenvalue weighted by Gasteiger charge is -2.39. The van der Waals surface area contributed by atoms with E-state index >= 15 is 0 Å². The number of nitrogens with two attached hydrogens (primary N) is 1. The minimum atomic E-state index is -0.225. The average Bonchev–Trinajstić information content (AvgIpc) is 2.08. The van der Waals surface area contributed by atoms with Gasteiger partial charge in [0.1, 0.15) is 0 Å². The van der Waals surface area contributed by atoms with Crippen molar-refractivity contribution in [2.24, 2.45) is 5.73 Å². The molecule has 2 N–H and O–H groups in total. The Bertz CT molecular complexity index is 195. The molecule has 0 aromatic rings. The number of carbonyl (C=O) groups excluding carboxylic acids is 1. The quantitative estimate of drug-likeness (QED) is 0.631. The van der Waals surface area contributed by atoms with Crippen LogP contribution < -0.4 is 5.73 Å². The van der Waals surface area contributed by atoms with Gasteiger partial charge in [-0.1, -0.05) is 0 Å². The van der Waals surface area contributed by atoms with E-state index in [4.69, 9.17) is 5.73 Å². The van der Waals surface area contributed by atoms with Gasteiger partial charge in [0.2, 0.25) is 5.91 Å². The lowest BCUT2D eigenvalue weighted by molar-refractivity contribution is -0.123. The molecule has 1 amide bonds. The maximum Gasteiger partial charge on any atom is 0.234 e. The monoisotopic (exact) mass is 185 g/mol. The van der Waals surface area contributed by atoms with Crippen LogP contribution in [-0.2, 0) is 4.79 Å². The van der Waals surface area contributed by atoms with E-state index in [0.29, 0.717) is 6.04 Å². The van der Waals surface area contributed by atoms with Gasteiger partial charge in [-0.25, -0.2) is 0 Å². The van der Waals surface area contributed by atoms with E-state index in [1.165, 1.54) is 0 Å². The zero-order valence-corrected chi connectivity index (χ0v) is 8.66. The molecular formula is C9H19N3O. The predicted octanol–water partition coefficient (Wildman–Crippen LogP) is -0.504. The molecule has 0 spiro atoms. The molecule has 1 heterocycles. The van der Waals surface area contributed by atoms with Crippen LogP contribution in [0.1, 0.15) is 13.8 Å². The van der Waals surface area contributed by atoms with E-state index in [0.717, 1.165) is 19.6 Å². The second kappa shape index (κ2) is 4.07. The summed E-state index contributed by atoms with van der Waals surface area (Å²) < 4.78 is 0. The molecule has 4 nitrogen and oxygen atoms in total. The molecule has 0 bridgehead atoms. The molecule has 2 unspecified atom stereocenters. The van der Waals surface area contributed by atoms with E-state index in [9.17, 15) is 4.79 Å². The second-order valence-corrected chi connectivity index (χ2v) is 3.90. The van der Waals surface area contributed by atoms with Crippen LogP contribution >= 0.6 is 0 Å². The molecular weight excluding hydrogens is 166 g/mol. The fourth-order valence-corrected chi connectivity index (χ4v) is 1.61. The van der Waals surface area contributed by atoms with Crippen molar-refractivity contribution in [3.8, 4) is 0 Å². The van der Waals surface area contributed by atoms with Gasteiger partial charge in [0, 0.05) is 25.7 Å². The van der Waals surface area contributed by atoms with Crippen molar-refractivity contribution < 1.29 is 4.79 Å². The third kappa shape index (κ3) is 2.42. The lowest BCUT2D eigenvalue weighted by Crippen LogP contribution is -2.55. The first-order valence-electron chi connectivity index (χ1n) is 4.76. The van der Waals surface area contributed by atoms with Crippen molar-refractivity contribution >= 4 is 5.91 Å². The predicted molar refractivity (Wildman–Crippen MR) is 52.3 cm³/mol. The molecule has 2 atom stereocenters. The molecule has 1 aliphatic rings. The summed E-state index contributed by atoms with van der Waals surface area (Å²) in [5.41, 5.74) is 5.25. The molecule has 1 saturated heterocycles. The van der Waals surface area contributed by atoms with Gasteiger partial charge in [-0.2, -0.15) is 0 Å². The molecule has 0 aliphatic carbocycles. The minimum Gasteiger partial charge on any atom is -0.368 e. The van der Waals surface area contributed by atoms with E-state index in [1.54, 1.807) is 0 Å². The highest BCUT2D eigenvalue weighted by molar-refractivity contribution is 5.79. The second-order valence-electron chi connectivity index (χ2n) is 3.90. The molecule has 0 aromatic carbocycles. The summed E-state index contributed by atoms with van der Waals surface area (Å²) in [6, 6.07) is 0.381. The summed E-state index contributed by atoms with van der Waals surface area (Å²) in [5, 5.41) is 0. The average molecular weight is 185 g/mol. The maximum absolute atomic E-state index is 11.0. The smallest absolute Gasteiger partial charge is 0.234 e. The van der Waals surface area contributed by atoms with Gasteiger partial charge in [0.15, 0.2) is 0 Å². The number of piperazine rings is 1. The van der Waals surface area contributed by atoms with Gasteiger partial charge in [0.25, 0.3) is 0 Å². The Morgan fingerprint density at radius 3 is 2.62 bits per heavy atom. The largest absolute Gasteiger partial charge is 0.368 e. The normalized spacial score (nSPS) is 28.7.